The number of rotatable bonds is 6. The van der Waals surface area contributed by atoms with Crippen molar-refractivity contribution >= 4 is 18.0 Å². The molecule has 0 aromatic heterocycles. The van der Waals surface area contributed by atoms with Crippen LogP contribution in [0, 0.1) is 5.92 Å². The van der Waals surface area contributed by atoms with Crippen LogP contribution in [-0.2, 0) is 14.4 Å². The Morgan fingerprint density at radius 1 is 1.26 bits per heavy atom. The summed E-state index contributed by atoms with van der Waals surface area (Å²) in [7, 11) is 3.02. The summed E-state index contributed by atoms with van der Waals surface area (Å²) in [6.07, 6.45) is -0.726. The highest BCUT2D eigenvalue weighted by atomic mass is 16.8. The van der Waals surface area contributed by atoms with E-state index in [0.29, 0.717) is 18.0 Å². The molecule has 1 aromatic carbocycles. The molecule has 1 aromatic rings. The van der Waals surface area contributed by atoms with Gasteiger partial charge in [-0.25, -0.2) is 4.79 Å². The number of hydroxylamine groups is 1. The lowest BCUT2D eigenvalue weighted by molar-refractivity contribution is -0.144. The molecular weight excluding hydrogens is 356 g/mol. The van der Waals surface area contributed by atoms with Gasteiger partial charge in [-0.15, -0.1) is 0 Å². The third-order valence-electron chi connectivity index (χ3n) is 4.56. The number of hydrogen-bond acceptors (Lipinski definition) is 6. The number of methoxy groups -OCH3 is 2. The SMILES string of the molecule is CCCN1C[C@@H](C(=O)NOC(=O)O)[C@H](c2ccc(OC)c(OC)c2)CC1=O. The van der Waals surface area contributed by atoms with Gasteiger partial charge in [0.1, 0.15) is 0 Å². The van der Waals surface area contributed by atoms with E-state index in [1.807, 2.05) is 12.4 Å². The molecule has 0 radical (unpaired) electrons. The van der Waals surface area contributed by atoms with Gasteiger partial charge in [0.05, 0.1) is 20.1 Å². The van der Waals surface area contributed by atoms with Crippen molar-refractivity contribution in [3.63, 3.8) is 0 Å². The second kappa shape index (κ2) is 9.11. The van der Waals surface area contributed by atoms with Crippen molar-refractivity contribution in [1.29, 1.82) is 0 Å². The highest BCUT2D eigenvalue weighted by Crippen LogP contribution is 2.38. The molecule has 9 nitrogen and oxygen atoms in total. The number of carboxylic acid groups (broad SMARTS) is 1. The fraction of sp³-hybridized carbons (Fsp3) is 0.500. The van der Waals surface area contributed by atoms with Gasteiger partial charge in [-0.05, 0) is 24.1 Å². The zero-order chi connectivity index (χ0) is 20.0. The maximum absolute atomic E-state index is 12.5. The summed E-state index contributed by atoms with van der Waals surface area (Å²) in [4.78, 5) is 41.4. The summed E-state index contributed by atoms with van der Waals surface area (Å²) in [6.45, 7) is 2.65. The summed E-state index contributed by atoms with van der Waals surface area (Å²) in [5.41, 5.74) is 2.68. The van der Waals surface area contributed by atoms with Crippen LogP contribution in [0.4, 0.5) is 4.79 Å². The number of hydrogen-bond donors (Lipinski definition) is 2. The second-order valence-corrected chi connectivity index (χ2v) is 6.21. The van der Waals surface area contributed by atoms with Crippen molar-refractivity contribution in [1.82, 2.24) is 10.4 Å². The smallest absolute Gasteiger partial charge is 0.493 e. The zero-order valence-electron chi connectivity index (χ0n) is 15.6. The van der Waals surface area contributed by atoms with E-state index < -0.39 is 23.9 Å². The standard InChI is InChI=1S/C18H24N2O7/c1-4-7-20-10-13(17(22)19-27-18(23)24)12(9-16(20)21)11-5-6-14(25-2)15(8-11)26-3/h5-6,8,12-13H,4,7,9-10H2,1-3H3,(H,19,22)(H,23,24)/t12-,13+/m0/s1. The molecule has 2 atom stereocenters. The number of carbonyl (C=O) groups excluding carboxylic acids is 2. The van der Waals surface area contributed by atoms with Crippen molar-refractivity contribution in [2.45, 2.75) is 25.7 Å². The summed E-state index contributed by atoms with van der Waals surface area (Å²) in [5, 5.41) is 8.62. The van der Waals surface area contributed by atoms with Gasteiger partial charge in [0.15, 0.2) is 11.5 Å². The van der Waals surface area contributed by atoms with Gasteiger partial charge in [0, 0.05) is 25.4 Å². The molecule has 2 amide bonds. The molecule has 0 spiro atoms. The van der Waals surface area contributed by atoms with Crippen molar-refractivity contribution in [2.24, 2.45) is 5.92 Å². The monoisotopic (exact) mass is 380 g/mol. The average molecular weight is 380 g/mol. The van der Waals surface area contributed by atoms with Gasteiger partial charge in [0.25, 0.3) is 5.91 Å². The minimum atomic E-state index is -1.61. The van der Waals surface area contributed by atoms with Gasteiger partial charge in [-0.3, -0.25) is 9.59 Å². The first kappa shape index (κ1) is 20.3. The number of benzene rings is 1. The highest BCUT2D eigenvalue weighted by molar-refractivity contribution is 5.85. The first-order valence-electron chi connectivity index (χ1n) is 8.60. The number of carbonyl (C=O) groups is 3. The topological polar surface area (TPSA) is 114 Å². The maximum Gasteiger partial charge on any atom is 0.530 e. The molecule has 27 heavy (non-hydrogen) atoms. The Morgan fingerprint density at radius 2 is 1.96 bits per heavy atom. The third-order valence-corrected chi connectivity index (χ3v) is 4.56. The zero-order valence-corrected chi connectivity index (χ0v) is 15.6. The van der Waals surface area contributed by atoms with Gasteiger partial charge < -0.3 is 24.3 Å². The summed E-state index contributed by atoms with van der Waals surface area (Å²) >= 11 is 0. The Hall–Kier alpha value is -2.97. The van der Waals surface area contributed by atoms with Crippen molar-refractivity contribution in [3.8, 4) is 11.5 Å². The third kappa shape index (κ3) is 4.81. The Labute approximate surface area is 157 Å². The summed E-state index contributed by atoms with van der Waals surface area (Å²) < 4.78 is 10.5. The molecule has 148 valence electrons. The van der Waals surface area contributed by atoms with Gasteiger partial charge in [-0.1, -0.05) is 13.0 Å². The van der Waals surface area contributed by atoms with Crippen LogP contribution in [0.1, 0.15) is 31.2 Å². The normalized spacial score (nSPS) is 19.4. The first-order chi connectivity index (χ1) is 12.9. The summed E-state index contributed by atoms with van der Waals surface area (Å²) in [5.74, 6) is -0.731. The van der Waals surface area contributed by atoms with E-state index in [9.17, 15) is 14.4 Å². The van der Waals surface area contributed by atoms with Crippen LogP contribution in [0.25, 0.3) is 0 Å². The lowest BCUT2D eigenvalue weighted by Crippen LogP contribution is -2.49. The Bertz CT molecular complexity index is 707. The molecule has 0 unspecified atom stereocenters. The van der Waals surface area contributed by atoms with Crippen molar-refractivity contribution in [2.75, 3.05) is 27.3 Å². The molecule has 0 aliphatic carbocycles. The predicted molar refractivity (Wildman–Crippen MR) is 94.5 cm³/mol. The van der Waals surface area contributed by atoms with E-state index in [2.05, 4.69) is 4.84 Å². The lowest BCUT2D eigenvalue weighted by Gasteiger charge is -2.37. The van der Waals surface area contributed by atoms with Crippen LogP contribution in [-0.4, -0.2) is 55.3 Å². The Kier molecular flexibility index (Phi) is 6.86. The van der Waals surface area contributed by atoms with E-state index in [-0.39, 0.29) is 18.9 Å². The molecule has 0 bridgehead atoms. The molecule has 0 saturated carbocycles. The van der Waals surface area contributed by atoms with Gasteiger partial charge >= 0.3 is 6.16 Å². The number of nitrogens with zero attached hydrogens (tertiary/aromatic N) is 1. The second-order valence-electron chi connectivity index (χ2n) is 6.21. The summed E-state index contributed by atoms with van der Waals surface area (Å²) in [6, 6.07) is 5.21. The van der Waals surface area contributed by atoms with Gasteiger partial charge in [0.2, 0.25) is 5.91 Å². The van der Waals surface area contributed by atoms with Crippen molar-refractivity contribution in [3.05, 3.63) is 23.8 Å². The molecule has 1 aliphatic heterocycles. The van der Waals surface area contributed by atoms with Crippen LogP contribution < -0.4 is 15.0 Å². The molecule has 1 fully saturated rings. The first-order valence-corrected chi connectivity index (χ1v) is 8.60. The van der Waals surface area contributed by atoms with Gasteiger partial charge in [-0.2, -0.15) is 5.48 Å². The van der Waals surface area contributed by atoms with E-state index in [1.54, 1.807) is 23.1 Å². The van der Waals surface area contributed by atoms with Crippen LogP contribution in [0.3, 0.4) is 0 Å². The lowest BCUT2D eigenvalue weighted by atomic mass is 9.79. The minimum Gasteiger partial charge on any atom is -0.493 e. The van der Waals surface area contributed by atoms with E-state index >= 15 is 0 Å². The molecule has 1 aliphatic rings. The molecule has 1 heterocycles. The molecule has 9 heteroatoms. The fourth-order valence-corrected chi connectivity index (χ4v) is 3.28. The largest absolute Gasteiger partial charge is 0.530 e. The predicted octanol–water partition coefficient (Wildman–Crippen LogP) is 1.77. The Balaban J connectivity index is 2.33. The number of amides is 2. The van der Waals surface area contributed by atoms with Crippen LogP contribution in [0.2, 0.25) is 0 Å². The van der Waals surface area contributed by atoms with E-state index in [1.165, 1.54) is 14.2 Å². The fourth-order valence-electron chi connectivity index (χ4n) is 3.28. The van der Waals surface area contributed by atoms with E-state index in [4.69, 9.17) is 14.6 Å². The van der Waals surface area contributed by atoms with Crippen LogP contribution in [0.15, 0.2) is 18.2 Å². The number of piperidine rings is 1. The van der Waals surface area contributed by atoms with Crippen LogP contribution in [0.5, 0.6) is 11.5 Å². The molecule has 2 rings (SSSR count). The van der Waals surface area contributed by atoms with Crippen molar-refractivity contribution < 1.29 is 33.8 Å². The quantitative estimate of drug-likeness (QED) is 0.723. The molecule has 1 saturated heterocycles. The highest BCUT2D eigenvalue weighted by Gasteiger charge is 2.39. The Morgan fingerprint density at radius 3 is 2.56 bits per heavy atom. The number of ether oxygens (including phenoxy) is 2. The molecular formula is C18H24N2O7. The number of likely N-dealkylation sites (tertiary alicyclic amines) is 1. The minimum absolute atomic E-state index is 0.0557. The van der Waals surface area contributed by atoms with Crippen LogP contribution >= 0.6 is 0 Å². The average Bonchev–Trinajstić information content (AvgIpc) is 2.66. The maximum atomic E-state index is 12.5. The number of nitrogens with one attached hydrogen (secondary N) is 1. The van der Waals surface area contributed by atoms with E-state index in [0.717, 1.165) is 12.0 Å². The molecule has 2 N–H and O–H groups in total.